The molecule has 0 aromatic heterocycles. The van der Waals surface area contributed by atoms with Crippen molar-refractivity contribution in [3.05, 3.63) is 65.7 Å². The fourth-order valence-corrected chi connectivity index (χ4v) is 3.06. The predicted molar refractivity (Wildman–Crippen MR) is 97.9 cm³/mol. The molecule has 2 aromatic carbocycles. The molecule has 0 radical (unpaired) electrons. The number of benzene rings is 2. The van der Waals surface area contributed by atoms with Gasteiger partial charge in [-0.3, -0.25) is 9.69 Å². The van der Waals surface area contributed by atoms with Crippen molar-refractivity contribution in [2.45, 2.75) is 25.9 Å². The summed E-state index contributed by atoms with van der Waals surface area (Å²) in [5.74, 6) is 0.0142. The third kappa shape index (κ3) is 4.91. The summed E-state index contributed by atoms with van der Waals surface area (Å²) in [5, 5.41) is 6.30. The second-order valence-corrected chi connectivity index (χ2v) is 6.50. The summed E-state index contributed by atoms with van der Waals surface area (Å²) < 4.78 is 0. The first-order chi connectivity index (χ1) is 11.7. The number of anilines is 1. The molecule has 1 heterocycles. The van der Waals surface area contributed by atoms with Gasteiger partial charge in [-0.05, 0) is 31.0 Å². The van der Waals surface area contributed by atoms with Crippen molar-refractivity contribution >= 4 is 11.6 Å². The van der Waals surface area contributed by atoms with Crippen molar-refractivity contribution in [2.24, 2.45) is 0 Å². The predicted octanol–water partition coefficient (Wildman–Crippen LogP) is 2.80. The van der Waals surface area contributed by atoms with Crippen LogP contribution in [0.1, 0.15) is 17.5 Å². The zero-order valence-corrected chi connectivity index (χ0v) is 14.2. The van der Waals surface area contributed by atoms with E-state index in [1.165, 1.54) is 11.1 Å². The molecule has 0 spiro atoms. The average molecular weight is 323 g/mol. The Hall–Kier alpha value is -2.17. The van der Waals surface area contributed by atoms with Crippen LogP contribution in [0.25, 0.3) is 0 Å². The van der Waals surface area contributed by atoms with Crippen LogP contribution in [0.4, 0.5) is 5.69 Å². The summed E-state index contributed by atoms with van der Waals surface area (Å²) in [6.45, 7) is 5.44. The van der Waals surface area contributed by atoms with Crippen molar-refractivity contribution in [3.8, 4) is 0 Å². The molecular weight excluding hydrogens is 298 g/mol. The molecule has 1 unspecified atom stereocenters. The Kier molecular flexibility index (Phi) is 5.62. The molecule has 4 nitrogen and oxygen atoms in total. The van der Waals surface area contributed by atoms with Crippen LogP contribution < -0.4 is 10.6 Å². The number of aryl methyl sites for hydroxylation is 1. The van der Waals surface area contributed by atoms with Gasteiger partial charge in [-0.25, -0.2) is 0 Å². The fraction of sp³-hybridized carbons (Fsp3) is 0.350. The van der Waals surface area contributed by atoms with Crippen molar-refractivity contribution in [2.75, 3.05) is 25.0 Å². The van der Waals surface area contributed by atoms with E-state index < -0.39 is 0 Å². The van der Waals surface area contributed by atoms with Crippen LogP contribution >= 0.6 is 0 Å². The van der Waals surface area contributed by atoms with E-state index in [-0.39, 0.29) is 5.91 Å². The van der Waals surface area contributed by atoms with Gasteiger partial charge in [0, 0.05) is 31.4 Å². The molecule has 1 amide bonds. The van der Waals surface area contributed by atoms with Gasteiger partial charge >= 0.3 is 0 Å². The van der Waals surface area contributed by atoms with E-state index in [0.717, 1.165) is 31.7 Å². The fourth-order valence-electron chi connectivity index (χ4n) is 3.06. The summed E-state index contributed by atoms with van der Waals surface area (Å²) in [5.41, 5.74) is 3.38. The number of carbonyl (C=O) groups excluding carboxylic acids is 1. The normalized spacial score (nSPS) is 17.8. The van der Waals surface area contributed by atoms with E-state index in [1.807, 2.05) is 37.3 Å². The molecule has 1 saturated heterocycles. The van der Waals surface area contributed by atoms with E-state index in [0.29, 0.717) is 12.6 Å². The number of carbonyl (C=O) groups is 1. The van der Waals surface area contributed by atoms with Crippen LogP contribution in [0.15, 0.2) is 54.6 Å². The number of hydrogen-bond acceptors (Lipinski definition) is 3. The highest BCUT2D eigenvalue weighted by Gasteiger charge is 2.22. The van der Waals surface area contributed by atoms with E-state index in [4.69, 9.17) is 0 Å². The highest BCUT2D eigenvalue weighted by Crippen LogP contribution is 2.13. The molecule has 0 saturated carbocycles. The van der Waals surface area contributed by atoms with Gasteiger partial charge in [0.25, 0.3) is 0 Å². The lowest BCUT2D eigenvalue weighted by Gasteiger charge is -2.16. The Morgan fingerprint density at radius 2 is 1.88 bits per heavy atom. The molecule has 3 rings (SSSR count). The van der Waals surface area contributed by atoms with E-state index >= 15 is 0 Å². The van der Waals surface area contributed by atoms with Gasteiger partial charge in [-0.15, -0.1) is 0 Å². The molecule has 1 fully saturated rings. The molecule has 4 heteroatoms. The van der Waals surface area contributed by atoms with E-state index in [1.54, 1.807) is 0 Å². The van der Waals surface area contributed by atoms with Gasteiger partial charge in [0.05, 0.1) is 6.54 Å². The van der Waals surface area contributed by atoms with E-state index in [9.17, 15) is 4.79 Å². The second-order valence-electron chi connectivity index (χ2n) is 6.50. The van der Waals surface area contributed by atoms with Gasteiger partial charge in [0.15, 0.2) is 0 Å². The molecule has 2 aromatic rings. The summed E-state index contributed by atoms with van der Waals surface area (Å²) in [6, 6.07) is 18.8. The van der Waals surface area contributed by atoms with Gasteiger partial charge in [0.2, 0.25) is 5.91 Å². The largest absolute Gasteiger partial charge is 0.325 e. The van der Waals surface area contributed by atoms with Gasteiger partial charge in [-0.1, -0.05) is 48.0 Å². The molecule has 0 bridgehead atoms. The van der Waals surface area contributed by atoms with Crippen molar-refractivity contribution < 1.29 is 4.79 Å². The summed E-state index contributed by atoms with van der Waals surface area (Å²) in [7, 11) is 0. The first-order valence-electron chi connectivity index (χ1n) is 8.55. The Morgan fingerprint density at radius 1 is 1.12 bits per heavy atom. The monoisotopic (exact) mass is 323 g/mol. The van der Waals surface area contributed by atoms with Crippen molar-refractivity contribution in [3.63, 3.8) is 0 Å². The lowest BCUT2D eigenvalue weighted by molar-refractivity contribution is -0.115. The lowest BCUT2D eigenvalue weighted by Crippen LogP contribution is -2.37. The zero-order valence-electron chi connectivity index (χ0n) is 14.2. The maximum Gasteiger partial charge on any atom is 0.238 e. The lowest BCUT2D eigenvalue weighted by atomic mass is 10.2. The van der Waals surface area contributed by atoms with Crippen LogP contribution in [0.2, 0.25) is 0 Å². The van der Waals surface area contributed by atoms with Crippen LogP contribution in [-0.4, -0.2) is 36.5 Å². The molecule has 2 N–H and O–H groups in total. The zero-order chi connectivity index (χ0) is 16.8. The molecule has 0 aliphatic carbocycles. The molecule has 126 valence electrons. The Balaban J connectivity index is 1.39. The second kappa shape index (κ2) is 8.08. The minimum absolute atomic E-state index is 0.0142. The van der Waals surface area contributed by atoms with Crippen LogP contribution in [0.3, 0.4) is 0 Å². The Morgan fingerprint density at radius 3 is 2.62 bits per heavy atom. The number of nitrogens with zero attached hydrogens (tertiary/aromatic N) is 1. The molecular formula is C20H25N3O. The number of hydrogen-bond donors (Lipinski definition) is 2. The smallest absolute Gasteiger partial charge is 0.238 e. The minimum Gasteiger partial charge on any atom is -0.325 e. The van der Waals surface area contributed by atoms with Gasteiger partial charge in [0.1, 0.15) is 0 Å². The molecule has 1 aliphatic rings. The van der Waals surface area contributed by atoms with Crippen LogP contribution in [0.5, 0.6) is 0 Å². The number of likely N-dealkylation sites (tertiary alicyclic amines) is 1. The van der Waals surface area contributed by atoms with Crippen molar-refractivity contribution in [1.82, 2.24) is 10.2 Å². The quantitative estimate of drug-likeness (QED) is 0.859. The summed E-state index contributed by atoms with van der Waals surface area (Å²) in [6.07, 6.45) is 1.09. The van der Waals surface area contributed by atoms with Crippen LogP contribution in [-0.2, 0) is 11.3 Å². The Bertz CT molecular complexity index is 654. The molecule has 24 heavy (non-hydrogen) atoms. The first kappa shape index (κ1) is 16.7. The SMILES string of the molecule is Cc1ccc(NC(=O)CNC2CCN(Cc3ccccc3)C2)cc1. The Labute approximate surface area is 143 Å². The van der Waals surface area contributed by atoms with Crippen LogP contribution in [0, 0.1) is 6.92 Å². The summed E-state index contributed by atoms with van der Waals surface area (Å²) >= 11 is 0. The molecule has 1 aliphatic heterocycles. The number of rotatable bonds is 6. The highest BCUT2D eigenvalue weighted by molar-refractivity contribution is 5.92. The first-order valence-corrected chi connectivity index (χ1v) is 8.55. The standard InChI is InChI=1S/C20H25N3O/c1-16-7-9-18(10-8-16)22-20(24)13-21-19-11-12-23(15-19)14-17-5-3-2-4-6-17/h2-10,19,21H,11-15H2,1H3,(H,22,24). The summed E-state index contributed by atoms with van der Waals surface area (Å²) in [4.78, 5) is 14.5. The van der Waals surface area contributed by atoms with E-state index in [2.05, 4.69) is 39.8 Å². The minimum atomic E-state index is 0.0142. The topological polar surface area (TPSA) is 44.4 Å². The van der Waals surface area contributed by atoms with Gasteiger partial charge < -0.3 is 10.6 Å². The highest BCUT2D eigenvalue weighted by atomic mass is 16.1. The van der Waals surface area contributed by atoms with Gasteiger partial charge in [-0.2, -0.15) is 0 Å². The van der Waals surface area contributed by atoms with Crippen molar-refractivity contribution in [1.29, 1.82) is 0 Å². The maximum absolute atomic E-state index is 12.0. The molecule has 1 atom stereocenters. The number of amides is 1. The number of nitrogens with one attached hydrogen (secondary N) is 2. The maximum atomic E-state index is 12.0. The average Bonchev–Trinajstić information content (AvgIpc) is 3.03. The third-order valence-electron chi connectivity index (χ3n) is 4.41. The third-order valence-corrected chi connectivity index (χ3v) is 4.41.